The fourth-order valence-electron chi connectivity index (χ4n) is 5.03. The van der Waals surface area contributed by atoms with Gasteiger partial charge in [-0.25, -0.2) is 4.57 Å². The van der Waals surface area contributed by atoms with E-state index in [1.807, 2.05) is 48.6 Å². The number of carboxylic acids is 1. The molecule has 0 aliphatic rings. The highest BCUT2D eigenvalue weighted by Crippen LogP contribution is 2.43. The summed E-state index contributed by atoms with van der Waals surface area (Å²) in [6.45, 7) is 2.45. The quantitative estimate of drug-likeness (QED) is 0.0151. The number of aliphatic carboxylic acids is 1. The van der Waals surface area contributed by atoms with Crippen molar-refractivity contribution in [1.82, 2.24) is 0 Å². The van der Waals surface area contributed by atoms with Crippen LogP contribution in [0.15, 0.2) is 97.2 Å². The number of aliphatic hydroxyl groups excluding tert-OH is 1. The predicted molar refractivity (Wildman–Crippen MR) is 236 cm³/mol. The van der Waals surface area contributed by atoms with Crippen LogP contribution in [0.2, 0.25) is 0 Å². The molecule has 0 heterocycles. The average Bonchev–Trinajstić information content (AvgIpc) is 3.20. The number of carbonyl (C=O) groups is 3. The van der Waals surface area contributed by atoms with Gasteiger partial charge in [0.15, 0.2) is 6.10 Å². The molecule has 0 aromatic carbocycles. The van der Waals surface area contributed by atoms with Gasteiger partial charge in [-0.3, -0.25) is 23.4 Å². The first-order valence-corrected chi connectivity index (χ1v) is 22.9. The highest BCUT2D eigenvalue weighted by molar-refractivity contribution is 7.47. The Hall–Kier alpha value is -3.64. The summed E-state index contributed by atoms with van der Waals surface area (Å²) < 4.78 is 32.5. The molecule has 0 radical (unpaired) electrons. The number of rotatable bonds is 38. The number of hydrogen-bond donors (Lipinski definition) is 4. The second kappa shape index (κ2) is 39.8. The predicted octanol–water partition coefficient (Wildman–Crippen LogP) is 10.2. The lowest BCUT2D eigenvalue weighted by Gasteiger charge is -2.20. The van der Waals surface area contributed by atoms with E-state index in [0.717, 1.165) is 64.2 Å². The fraction of sp³-hybridized carbons (Fsp3) is 0.587. The number of phosphoric acid groups is 1. The molecular weight excluding hydrogens is 773 g/mol. The number of carbonyl (C=O) groups excluding carboxylic acids is 2. The van der Waals surface area contributed by atoms with Gasteiger partial charge in [-0.15, -0.1) is 0 Å². The lowest BCUT2D eigenvalue weighted by molar-refractivity contribution is -0.161. The minimum atomic E-state index is -4.75. The molecule has 5 N–H and O–H groups in total. The zero-order valence-corrected chi connectivity index (χ0v) is 36.6. The van der Waals surface area contributed by atoms with Crippen molar-refractivity contribution in [3.8, 4) is 0 Å². The number of carboxylic acid groups (broad SMARTS) is 1. The highest BCUT2D eigenvalue weighted by Gasteiger charge is 2.28. The summed E-state index contributed by atoms with van der Waals surface area (Å²) in [5.74, 6) is -2.54. The molecule has 0 fully saturated rings. The van der Waals surface area contributed by atoms with Crippen LogP contribution < -0.4 is 5.73 Å². The van der Waals surface area contributed by atoms with Gasteiger partial charge in [0.2, 0.25) is 0 Å². The Morgan fingerprint density at radius 2 is 1.19 bits per heavy atom. The van der Waals surface area contributed by atoms with E-state index in [1.54, 1.807) is 6.08 Å². The summed E-state index contributed by atoms with van der Waals surface area (Å²) in [7, 11) is -4.75. The van der Waals surface area contributed by atoms with Crippen molar-refractivity contribution in [3.63, 3.8) is 0 Å². The summed E-state index contributed by atoms with van der Waals surface area (Å²) in [5, 5.41) is 18.7. The molecule has 12 nitrogen and oxygen atoms in total. The summed E-state index contributed by atoms with van der Waals surface area (Å²) in [6, 6.07) is -1.54. The molecule has 0 saturated heterocycles. The van der Waals surface area contributed by atoms with Crippen LogP contribution in [0.5, 0.6) is 0 Å². The Balaban J connectivity index is 4.57. The molecule has 0 aromatic rings. The summed E-state index contributed by atoms with van der Waals surface area (Å²) in [4.78, 5) is 45.9. The minimum absolute atomic E-state index is 0.0721. The van der Waals surface area contributed by atoms with Gasteiger partial charge in [-0.2, -0.15) is 0 Å². The molecule has 0 aromatic heterocycles. The zero-order chi connectivity index (χ0) is 43.7. The maximum absolute atomic E-state index is 12.6. The topological polar surface area (TPSA) is 192 Å². The van der Waals surface area contributed by atoms with Crippen LogP contribution in [0.3, 0.4) is 0 Å². The van der Waals surface area contributed by atoms with E-state index in [-0.39, 0.29) is 12.8 Å². The molecule has 0 bridgehead atoms. The van der Waals surface area contributed by atoms with E-state index in [9.17, 15) is 28.9 Å². The molecule has 334 valence electrons. The minimum Gasteiger partial charge on any atom is -0.480 e. The molecule has 0 aliphatic carbocycles. The number of nitrogens with two attached hydrogens (primary N) is 1. The van der Waals surface area contributed by atoms with Crippen molar-refractivity contribution in [2.24, 2.45) is 5.73 Å². The Bertz CT molecular complexity index is 1380. The number of ether oxygens (including phenoxy) is 2. The monoisotopic (exact) mass is 847 g/mol. The van der Waals surface area contributed by atoms with Crippen LogP contribution >= 0.6 is 7.82 Å². The van der Waals surface area contributed by atoms with Crippen LogP contribution in [0.4, 0.5) is 0 Å². The van der Waals surface area contributed by atoms with Gasteiger partial charge in [0.25, 0.3) is 0 Å². The Morgan fingerprint density at radius 1 is 0.627 bits per heavy atom. The van der Waals surface area contributed by atoms with Gasteiger partial charge in [-0.05, 0) is 77.0 Å². The maximum Gasteiger partial charge on any atom is 0.472 e. The standard InChI is InChI=1S/C46H74NO11P/c1-3-5-7-8-9-10-11-12-13-16-20-23-26-29-33-37-45(50)58-42(39-56-59(53,54)57-40-43(47)46(51)52)38-55-44(49)36-32-28-25-22-19-17-14-15-18-21-24-27-31-35-41(48)34-30-6-4-2/h6,9-10,12-13,15,17-19,24-25,27-28,30-31,35,41-43,48H,3-5,7-8,11,14,16,20-23,26,29,32-34,36-40,47H2,1-2H3,(H,51,52)(H,53,54)/b10-9-,13-12-,18-15-,19-17-,27-24+,28-25-,30-6-,35-31+/t41?,42-,43+/m1/s1. The SMILES string of the molecule is CC/C=C\CC(O)/C=C/C=C/C/C=C\C/C=C\C/C=C\CCC(=O)OC[C@H](COP(=O)(O)OC[C@H](N)C(=O)O)OC(=O)CCCCCCC/C=C\C/C=C\CCCCC. The van der Waals surface area contributed by atoms with Crippen molar-refractivity contribution < 1.29 is 52.6 Å². The van der Waals surface area contributed by atoms with Crippen LogP contribution in [0.25, 0.3) is 0 Å². The maximum atomic E-state index is 12.6. The van der Waals surface area contributed by atoms with Gasteiger partial charge in [0.1, 0.15) is 12.6 Å². The summed E-state index contributed by atoms with van der Waals surface area (Å²) >= 11 is 0. The molecule has 2 unspecified atom stereocenters. The number of phosphoric ester groups is 1. The van der Waals surface area contributed by atoms with Crippen molar-refractivity contribution in [3.05, 3.63) is 97.2 Å². The average molecular weight is 848 g/mol. The van der Waals surface area contributed by atoms with E-state index in [2.05, 4.69) is 60.9 Å². The molecule has 59 heavy (non-hydrogen) atoms. The van der Waals surface area contributed by atoms with Gasteiger partial charge in [0, 0.05) is 12.8 Å². The number of hydrogen-bond acceptors (Lipinski definition) is 10. The molecule has 0 saturated carbocycles. The Labute approximate surface area is 354 Å². The van der Waals surface area contributed by atoms with Gasteiger partial charge < -0.3 is 30.3 Å². The van der Waals surface area contributed by atoms with Crippen molar-refractivity contribution in [2.75, 3.05) is 19.8 Å². The summed E-state index contributed by atoms with van der Waals surface area (Å²) in [6.07, 6.45) is 46.7. The number of aliphatic hydroxyl groups is 1. The van der Waals surface area contributed by atoms with E-state index in [1.165, 1.54) is 19.3 Å². The lowest BCUT2D eigenvalue weighted by atomic mass is 10.1. The van der Waals surface area contributed by atoms with Crippen molar-refractivity contribution in [2.45, 2.75) is 154 Å². The third kappa shape index (κ3) is 39.6. The van der Waals surface area contributed by atoms with Crippen molar-refractivity contribution >= 4 is 25.7 Å². The molecule has 0 aliphatic heterocycles. The second-order valence-electron chi connectivity index (χ2n) is 13.9. The number of allylic oxidation sites excluding steroid dienone is 14. The lowest BCUT2D eigenvalue weighted by Crippen LogP contribution is -2.34. The third-order valence-electron chi connectivity index (χ3n) is 8.41. The molecular formula is C46H74NO11P. The van der Waals surface area contributed by atoms with Crippen LogP contribution in [0.1, 0.15) is 136 Å². The molecule has 4 atom stereocenters. The van der Waals surface area contributed by atoms with E-state index < -0.39 is 63.8 Å². The first kappa shape index (κ1) is 55.4. The number of esters is 2. The highest BCUT2D eigenvalue weighted by atomic mass is 31.2. The number of unbranched alkanes of at least 4 members (excludes halogenated alkanes) is 8. The molecule has 13 heteroatoms. The normalized spacial score (nSPS) is 15.2. The van der Waals surface area contributed by atoms with Gasteiger partial charge in [0.05, 0.1) is 19.3 Å². The Kier molecular flexibility index (Phi) is 37.3. The van der Waals surface area contributed by atoms with Crippen molar-refractivity contribution in [1.29, 1.82) is 0 Å². The smallest absolute Gasteiger partial charge is 0.472 e. The fourth-order valence-corrected chi connectivity index (χ4v) is 5.80. The largest absolute Gasteiger partial charge is 0.480 e. The van der Waals surface area contributed by atoms with E-state index in [0.29, 0.717) is 25.7 Å². The zero-order valence-electron chi connectivity index (χ0n) is 35.7. The first-order valence-electron chi connectivity index (χ1n) is 21.4. The van der Waals surface area contributed by atoms with Crippen LogP contribution in [0, 0.1) is 0 Å². The first-order chi connectivity index (χ1) is 28.5. The van der Waals surface area contributed by atoms with E-state index >= 15 is 0 Å². The van der Waals surface area contributed by atoms with Crippen LogP contribution in [-0.2, 0) is 37.5 Å². The third-order valence-corrected chi connectivity index (χ3v) is 9.36. The molecule has 0 spiro atoms. The second-order valence-corrected chi connectivity index (χ2v) is 15.4. The van der Waals surface area contributed by atoms with E-state index in [4.69, 9.17) is 24.8 Å². The molecule has 0 amide bonds. The van der Waals surface area contributed by atoms with Gasteiger partial charge in [-0.1, -0.05) is 143 Å². The summed E-state index contributed by atoms with van der Waals surface area (Å²) in [5.41, 5.74) is 5.32. The Morgan fingerprint density at radius 3 is 1.81 bits per heavy atom. The van der Waals surface area contributed by atoms with Crippen LogP contribution in [-0.4, -0.2) is 71.1 Å². The molecule has 0 rings (SSSR count). The van der Waals surface area contributed by atoms with Gasteiger partial charge >= 0.3 is 25.7 Å².